The van der Waals surface area contributed by atoms with E-state index in [0.29, 0.717) is 5.69 Å². The topological polar surface area (TPSA) is 69.0 Å². The van der Waals surface area contributed by atoms with E-state index in [1.807, 2.05) is 0 Å². The predicted molar refractivity (Wildman–Crippen MR) is 66.4 cm³/mol. The zero-order chi connectivity index (χ0) is 13.8. The molecule has 0 fully saturated rings. The Morgan fingerprint density at radius 1 is 1.53 bits per heavy atom. The molecule has 0 radical (unpaired) electrons. The first-order chi connectivity index (χ1) is 9.11. The minimum Gasteiger partial charge on any atom is -0.467 e. The SMILES string of the molecule is COC(=O)C(C)Nc1ccc(-n2cncn2)c(F)c1. The molecule has 7 heteroatoms. The Morgan fingerprint density at radius 2 is 2.32 bits per heavy atom. The van der Waals surface area contributed by atoms with Crippen LogP contribution in [0.4, 0.5) is 10.1 Å². The van der Waals surface area contributed by atoms with Crippen molar-refractivity contribution in [2.24, 2.45) is 0 Å². The Labute approximate surface area is 109 Å². The highest BCUT2D eigenvalue weighted by Crippen LogP contribution is 2.18. The molecule has 0 saturated carbocycles. The minimum atomic E-state index is -0.554. The quantitative estimate of drug-likeness (QED) is 0.845. The van der Waals surface area contributed by atoms with E-state index in [-0.39, 0.29) is 5.69 Å². The van der Waals surface area contributed by atoms with Gasteiger partial charge in [-0.1, -0.05) is 0 Å². The number of carbonyl (C=O) groups is 1. The molecule has 1 heterocycles. The molecule has 1 atom stereocenters. The van der Waals surface area contributed by atoms with Crippen molar-refractivity contribution < 1.29 is 13.9 Å². The highest BCUT2D eigenvalue weighted by molar-refractivity contribution is 5.78. The van der Waals surface area contributed by atoms with Crippen LogP contribution in [0.1, 0.15) is 6.92 Å². The first kappa shape index (κ1) is 13.0. The Kier molecular flexibility index (Phi) is 3.74. The summed E-state index contributed by atoms with van der Waals surface area (Å²) in [7, 11) is 1.30. The van der Waals surface area contributed by atoms with Gasteiger partial charge in [0.05, 0.1) is 7.11 Å². The molecule has 0 saturated heterocycles. The third-order valence-electron chi connectivity index (χ3n) is 2.55. The molecule has 1 aromatic carbocycles. The third-order valence-corrected chi connectivity index (χ3v) is 2.55. The van der Waals surface area contributed by atoms with Crippen LogP contribution in [0.15, 0.2) is 30.9 Å². The maximum Gasteiger partial charge on any atom is 0.327 e. The second kappa shape index (κ2) is 5.47. The second-order valence-electron chi connectivity index (χ2n) is 3.90. The van der Waals surface area contributed by atoms with E-state index >= 15 is 0 Å². The second-order valence-corrected chi connectivity index (χ2v) is 3.90. The van der Waals surface area contributed by atoms with Crippen molar-refractivity contribution in [3.05, 3.63) is 36.7 Å². The van der Waals surface area contributed by atoms with Crippen molar-refractivity contribution in [1.29, 1.82) is 0 Å². The van der Waals surface area contributed by atoms with Gasteiger partial charge in [0.2, 0.25) is 0 Å². The summed E-state index contributed by atoms with van der Waals surface area (Å²) < 4.78 is 19.8. The Hall–Kier alpha value is -2.44. The summed E-state index contributed by atoms with van der Waals surface area (Å²) in [4.78, 5) is 15.0. The number of ether oxygens (including phenoxy) is 1. The summed E-state index contributed by atoms with van der Waals surface area (Å²) >= 11 is 0. The lowest BCUT2D eigenvalue weighted by molar-refractivity contribution is -0.141. The van der Waals surface area contributed by atoms with Crippen LogP contribution in [-0.2, 0) is 9.53 Å². The van der Waals surface area contributed by atoms with Crippen molar-refractivity contribution in [2.75, 3.05) is 12.4 Å². The number of methoxy groups -OCH3 is 1. The molecule has 0 aliphatic heterocycles. The molecule has 1 aromatic heterocycles. The number of nitrogens with zero attached hydrogens (tertiary/aromatic N) is 3. The molecule has 19 heavy (non-hydrogen) atoms. The van der Waals surface area contributed by atoms with Crippen LogP contribution in [0, 0.1) is 5.82 Å². The molecular weight excluding hydrogens is 251 g/mol. The van der Waals surface area contributed by atoms with Gasteiger partial charge in [-0.3, -0.25) is 0 Å². The van der Waals surface area contributed by atoms with Crippen LogP contribution in [0.25, 0.3) is 5.69 Å². The van der Waals surface area contributed by atoms with E-state index in [4.69, 9.17) is 0 Å². The molecule has 1 N–H and O–H groups in total. The van der Waals surface area contributed by atoms with Crippen LogP contribution in [0.2, 0.25) is 0 Å². The number of rotatable bonds is 4. The highest BCUT2D eigenvalue weighted by Gasteiger charge is 2.13. The fourth-order valence-corrected chi connectivity index (χ4v) is 1.60. The lowest BCUT2D eigenvalue weighted by Gasteiger charge is -2.13. The Bertz CT molecular complexity index is 571. The Morgan fingerprint density at radius 3 is 2.89 bits per heavy atom. The molecular formula is C12H13FN4O2. The molecule has 0 aliphatic carbocycles. The minimum absolute atomic E-state index is 0.286. The van der Waals surface area contributed by atoms with E-state index < -0.39 is 17.8 Å². The summed E-state index contributed by atoms with van der Waals surface area (Å²) in [5.41, 5.74) is 0.771. The molecule has 0 bridgehead atoms. The maximum atomic E-state index is 13.9. The van der Waals surface area contributed by atoms with Crippen molar-refractivity contribution in [3.8, 4) is 5.69 Å². The van der Waals surface area contributed by atoms with E-state index in [0.717, 1.165) is 0 Å². The highest BCUT2D eigenvalue weighted by atomic mass is 19.1. The largest absolute Gasteiger partial charge is 0.467 e. The van der Waals surface area contributed by atoms with Crippen LogP contribution in [0.3, 0.4) is 0 Å². The van der Waals surface area contributed by atoms with Gasteiger partial charge < -0.3 is 10.1 Å². The molecule has 6 nitrogen and oxygen atoms in total. The van der Waals surface area contributed by atoms with Gasteiger partial charge in [-0.15, -0.1) is 0 Å². The lowest BCUT2D eigenvalue weighted by atomic mass is 10.2. The number of halogens is 1. The molecule has 2 rings (SSSR count). The molecule has 100 valence electrons. The summed E-state index contributed by atoms with van der Waals surface area (Å²) in [5.74, 6) is -0.881. The van der Waals surface area contributed by atoms with Crippen molar-refractivity contribution in [1.82, 2.24) is 14.8 Å². The number of benzene rings is 1. The smallest absolute Gasteiger partial charge is 0.327 e. The van der Waals surface area contributed by atoms with Crippen molar-refractivity contribution >= 4 is 11.7 Å². The summed E-state index contributed by atoms with van der Waals surface area (Å²) in [6.07, 6.45) is 2.73. The fourth-order valence-electron chi connectivity index (χ4n) is 1.60. The van der Waals surface area contributed by atoms with Gasteiger partial charge in [0.15, 0.2) is 5.82 Å². The monoisotopic (exact) mass is 264 g/mol. The Balaban J connectivity index is 2.18. The van der Waals surface area contributed by atoms with Crippen LogP contribution in [0.5, 0.6) is 0 Å². The molecule has 0 amide bonds. The van der Waals surface area contributed by atoms with Crippen LogP contribution in [-0.4, -0.2) is 33.9 Å². The average Bonchev–Trinajstić information content (AvgIpc) is 2.91. The number of esters is 1. The predicted octanol–water partition coefficient (Wildman–Crippen LogP) is 1.38. The summed E-state index contributed by atoms with van der Waals surface area (Å²) in [5, 5.41) is 6.70. The molecule has 0 aliphatic rings. The fraction of sp³-hybridized carbons (Fsp3) is 0.250. The van der Waals surface area contributed by atoms with Gasteiger partial charge in [-0.2, -0.15) is 5.10 Å². The normalized spacial score (nSPS) is 11.9. The van der Waals surface area contributed by atoms with E-state index in [1.54, 1.807) is 19.1 Å². The molecule has 2 aromatic rings. The molecule has 0 spiro atoms. The van der Waals surface area contributed by atoms with Crippen molar-refractivity contribution in [2.45, 2.75) is 13.0 Å². The standard InChI is InChI=1S/C12H13FN4O2/c1-8(12(18)19-2)16-9-3-4-11(10(13)5-9)17-7-14-6-15-17/h3-8,16H,1-2H3. The lowest BCUT2D eigenvalue weighted by Crippen LogP contribution is -2.27. The van der Waals surface area contributed by atoms with Gasteiger partial charge in [0, 0.05) is 5.69 Å². The summed E-state index contributed by atoms with van der Waals surface area (Å²) in [6.45, 7) is 1.63. The van der Waals surface area contributed by atoms with Gasteiger partial charge in [-0.05, 0) is 25.1 Å². The third kappa shape index (κ3) is 2.87. The van der Waals surface area contributed by atoms with Crippen LogP contribution >= 0.6 is 0 Å². The van der Waals surface area contributed by atoms with E-state index in [9.17, 15) is 9.18 Å². The van der Waals surface area contributed by atoms with Gasteiger partial charge in [0.25, 0.3) is 0 Å². The number of nitrogens with one attached hydrogen (secondary N) is 1. The number of carbonyl (C=O) groups excluding carboxylic acids is 1. The number of hydrogen-bond donors (Lipinski definition) is 1. The zero-order valence-corrected chi connectivity index (χ0v) is 10.5. The van der Waals surface area contributed by atoms with Crippen molar-refractivity contribution in [3.63, 3.8) is 0 Å². The average molecular weight is 264 g/mol. The van der Waals surface area contributed by atoms with Gasteiger partial charge >= 0.3 is 5.97 Å². The maximum absolute atomic E-state index is 13.9. The first-order valence-electron chi connectivity index (χ1n) is 5.60. The van der Waals surface area contributed by atoms with E-state index in [1.165, 1.54) is 30.5 Å². The molecule has 1 unspecified atom stereocenters. The first-order valence-corrected chi connectivity index (χ1v) is 5.60. The van der Waals surface area contributed by atoms with Gasteiger partial charge in [-0.25, -0.2) is 18.9 Å². The number of aromatic nitrogens is 3. The van der Waals surface area contributed by atoms with E-state index in [2.05, 4.69) is 20.1 Å². The summed E-state index contributed by atoms with van der Waals surface area (Å²) in [6, 6.07) is 3.94. The zero-order valence-electron chi connectivity index (χ0n) is 10.5. The van der Waals surface area contributed by atoms with Crippen LogP contribution < -0.4 is 5.32 Å². The number of hydrogen-bond acceptors (Lipinski definition) is 5. The number of anilines is 1. The van der Waals surface area contributed by atoms with Gasteiger partial charge in [0.1, 0.15) is 24.4 Å².